The van der Waals surface area contributed by atoms with Crippen molar-refractivity contribution >= 4 is 11.9 Å². The SMILES string of the molecule is CC(C)(OC(=O)CN(CC(=O)OC(C)(C)C1CC[NH2+]CC1)Cc1ccccc1)C1CC[NH2+]CC1. The molecule has 2 heterocycles. The second-order valence-electron chi connectivity index (χ2n) is 11.1. The van der Waals surface area contributed by atoms with Crippen LogP contribution in [0.4, 0.5) is 0 Å². The van der Waals surface area contributed by atoms with Crippen molar-refractivity contribution in [3.63, 3.8) is 0 Å². The van der Waals surface area contributed by atoms with Gasteiger partial charge in [0.05, 0.1) is 39.3 Å². The number of benzene rings is 1. The molecule has 0 radical (unpaired) electrons. The summed E-state index contributed by atoms with van der Waals surface area (Å²) >= 11 is 0. The maximum atomic E-state index is 13.0. The predicted molar refractivity (Wildman–Crippen MR) is 131 cm³/mol. The van der Waals surface area contributed by atoms with E-state index in [2.05, 4.69) is 10.6 Å². The fourth-order valence-corrected chi connectivity index (χ4v) is 5.44. The van der Waals surface area contributed by atoms with E-state index in [1.807, 2.05) is 62.9 Å². The van der Waals surface area contributed by atoms with Gasteiger partial charge in [0.25, 0.3) is 0 Å². The van der Waals surface area contributed by atoms with Gasteiger partial charge in [-0.15, -0.1) is 0 Å². The first-order valence-electron chi connectivity index (χ1n) is 13.0. The van der Waals surface area contributed by atoms with Crippen LogP contribution in [-0.4, -0.2) is 67.3 Å². The summed E-state index contributed by atoms with van der Waals surface area (Å²) in [5, 5.41) is 4.63. The molecule has 0 aliphatic carbocycles. The van der Waals surface area contributed by atoms with Crippen LogP contribution in [0, 0.1) is 11.8 Å². The lowest BCUT2D eigenvalue weighted by atomic mass is 9.83. The van der Waals surface area contributed by atoms with Crippen LogP contribution in [-0.2, 0) is 25.6 Å². The Morgan fingerprint density at radius 3 is 1.62 bits per heavy atom. The zero-order valence-electron chi connectivity index (χ0n) is 21.6. The smallest absolute Gasteiger partial charge is 0.320 e. The normalized spacial score (nSPS) is 18.6. The summed E-state index contributed by atoms with van der Waals surface area (Å²) in [5.74, 6) is 0.153. The van der Waals surface area contributed by atoms with Crippen LogP contribution in [0.25, 0.3) is 0 Å². The van der Waals surface area contributed by atoms with E-state index in [0.29, 0.717) is 18.4 Å². The zero-order chi connectivity index (χ0) is 24.6. The van der Waals surface area contributed by atoms with Crippen LogP contribution < -0.4 is 10.6 Å². The first-order chi connectivity index (χ1) is 16.2. The molecular formula is C27H45N3O4+2. The molecule has 0 saturated carbocycles. The standard InChI is InChI=1S/C27H43N3O4/c1-26(2,22-10-14-28-15-11-22)33-24(31)19-30(18-21-8-6-5-7-9-21)20-25(32)34-27(3,4)23-12-16-29-17-13-23/h5-9,22-23,28-29H,10-20H2,1-4H3/p+2. The lowest BCUT2D eigenvalue weighted by molar-refractivity contribution is -0.666. The molecule has 190 valence electrons. The molecule has 7 nitrogen and oxygen atoms in total. The number of rotatable bonds is 10. The molecule has 7 heteroatoms. The Labute approximate surface area is 204 Å². The molecule has 2 saturated heterocycles. The number of carbonyl (C=O) groups is 2. The second-order valence-corrected chi connectivity index (χ2v) is 11.1. The maximum absolute atomic E-state index is 13.0. The minimum absolute atomic E-state index is 0.0606. The van der Waals surface area contributed by atoms with E-state index >= 15 is 0 Å². The summed E-state index contributed by atoms with van der Waals surface area (Å²) in [7, 11) is 0. The molecule has 2 aliphatic rings. The Hall–Kier alpha value is -1.96. The minimum atomic E-state index is -0.510. The molecule has 1 aromatic carbocycles. The Bertz CT molecular complexity index is 738. The highest BCUT2D eigenvalue weighted by molar-refractivity contribution is 5.75. The molecule has 34 heavy (non-hydrogen) atoms. The fourth-order valence-electron chi connectivity index (χ4n) is 5.44. The van der Waals surface area contributed by atoms with Gasteiger partial charge in [-0.25, -0.2) is 0 Å². The third kappa shape index (κ3) is 8.07. The molecule has 0 aromatic heterocycles. The van der Waals surface area contributed by atoms with Crippen molar-refractivity contribution in [3.05, 3.63) is 35.9 Å². The van der Waals surface area contributed by atoms with Gasteiger partial charge in [-0.1, -0.05) is 30.3 Å². The Balaban J connectivity index is 1.62. The van der Waals surface area contributed by atoms with E-state index in [4.69, 9.17) is 9.47 Å². The van der Waals surface area contributed by atoms with Gasteiger partial charge in [0, 0.05) is 44.1 Å². The molecule has 0 bridgehead atoms. The first-order valence-corrected chi connectivity index (χ1v) is 13.0. The number of quaternary nitrogens is 2. The largest absolute Gasteiger partial charge is 0.458 e. The van der Waals surface area contributed by atoms with Crippen molar-refractivity contribution in [1.29, 1.82) is 0 Å². The number of hydrogen-bond acceptors (Lipinski definition) is 5. The average Bonchev–Trinajstić information content (AvgIpc) is 2.80. The number of nitrogens with two attached hydrogens (primary N) is 2. The lowest BCUT2D eigenvalue weighted by Gasteiger charge is -2.37. The van der Waals surface area contributed by atoms with Gasteiger partial charge in [0.2, 0.25) is 0 Å². The van der Waals surface area contributed by atoms with Gasteiger partial charge >= 0.3 is 11.9 Å². The average molecular weight is 476 g/mol. The quantitative estimate of drug-likeness (QED) is 0.495. The number of hydrogen-bond donors (Lipinski definition) is 2. The van der Waals surface area contributed by atoms with Crippen molar-refractivity contribution in [1.82, 2.24) is 4.90 Å². The van der Waals surface area contributed by atoms with E-state index in [1.165, 1.54) is 0 Å². The number of ether oxygens (including phenoxy) is 2. The van der Waals surface area contributed by atoms with Crippen LogP contribution in [0.15, 0.2) is 30.3 Å². The zero-order valence-corrected chi connectivity index (χ0v) is 21.6. The topological polar surface area (TPSA) is 89.1 Å². The summed E-state index contributed by atoms with van der Waals surface area (Å²) in [4.78, 5) is 27.8. The lowest BCUT2D eigenvalue weighted by Crippen LogP contribution is -2.86. The van der Waals surface area contributed by atoms with E-state index in [0.717, 1.165) is 57.4 Å². The van der Waals surface area contributed by atoms with Gasteiger partial charge in [0.1, 0.15) is 11.2 Å². The molecule has 1 aromatic rings. The Morgan fingerprint density at radius 2 is 1.21 bits per heavy atom. The van der Waals surface area contributed by atoms with Gasteiger partial charge in [-0.05, 0) is 33.3 Å². The minimum Gasteiger partial charge on any atom is -0.458 e. The third-order valence-corrected chi connectivity index (χ3v) is 7.55. The molecule has 4 N–H and O–H groups in total. The van der Waals surface area contributed by atoms with Crippen LogP contribution in [0.3, 0.4) is 0 Å². The van der Waals surface area contributed by atoms with E-state index in [-0.39, 0.29) is 25.0 Å². The molecule has 0 atom stereocenters. The third-order valence-electron chi connectivity index (χ3n) is 7.55. The summed E-state index contributed by atoms with van der Waals surface area (Å²) in [6, 6.07) is 9.92. The Morgan fingerprint density at radius 1 is 0.794 bits per heavy atom. The highest BCUT2D eigenvalue weighted by Gasteiger charge is 2.37. The maximum Gasteiger partial charge on any atom is 0.320 e. The van der Waals surface area contributed by atoms with E-state index < -0.39 is 11.2 Å². The molecule has 2 fully saturated rings. The predicted octanol–water partition coefficient (Wildman–Crippen LogP) is 1.08. The molecular weight excluding hydrogens is 430 g/mol. The summed E-state index contributed by atoms with van der Waals surface area (Å²) in [6.07, 6.45) is 4.20. The van der Waals surface area contributed by atoms with Gasteiger partial charge in [0.15, 0.2) is 0 Å². The van der Waals surface area contributed by atoms with Gasteiger partial charge in [-0.2, -0.15) is 0 Å². The number of esters is 2. The van der Waals surface area contributed by atoms with Crippen LogP contribution in [0.5, 0.6) is 0 Å². The number of piperidine rings is 2. The molecule has 0 unspecified atom stereocenters. The van der Waals surface area contributed by atoms with Crippen molar-refractivity contribution in [2.75, 3.05) is 39.3 Å². The van der Waals surface area contributed by atoms with E-state index in [9.17, 15) is 9.59 Å². The highest BCUT2D eigenvalue weighted by Crippen LogP contribution is 2.29. The van der Waals surface area contributed by atoms with Crippen LogP contribution in [0.2, 0.25) is 0 Å². The van der Waals surface area contributed by atoms with Gasteiger partial charge < -0.3 is 20.1 Å². The number of carbonyl (C=O) groups excluding carboxylic acids is 2. The van der Waals surface area contributed by atoms with Crippen LogP contribution >= 0.6 is 0 Å². The highest BCUT2D eigenvalue weighted by atomic mass is 16.6. The Kier molecular flexibility index (Phi) is 9.51. The fraction of sp³-hybridized carbons (Fsp3) is 0.704. The molecule has 3 rings (SSSR count). The summed E-state index contributed by atoms with van der Waals surface area (Å²) in [6.45, 7) is 13.0. The van der Waals surface area contributed by atoms with Crippen molar-refractivity contribution < 1.29 is 29.7 Å². The van der Waals surface area contributed by atoms with Gasteiger partial charge in [-0.3, -0.25) is 14.5 Å². The summed E-state index contributed by atoms with van der Waals surface area (Å²) in [5.41, 5.74) is 0.0291. The number of nitrogens with zero attached hydrogens (tertiary/aromatic N) is 1. The van der Waals surface area contributed by atoms with Crippen molar-refractivity contribution in [2.24, 2.45) is 11.8 Å². The van der Waals surface area contributed by atoms with E-state index in [1.54, 1.807) is 0 Å². The van der Waals surface area contributed by atoms with Crippen LogP contribution in [0.1, 0.15) is 58.9 Å². The van der Waals surface area contributed by atoms with Crippen molar-refractivity contribution in [2.45, 2.75) is 71.1 Å². The van der Waals surface area contributed by atoms with Crippen molar-refractivity contribution in [3.8, 4) is 0 Å². The monoisotopic (exact) mass is 475 g/mol. The molecule has 0 amide bonds. The molecule has 2 aliphatic heterocycles. The first kappa shape index (κ1) is 26.6. The molecule has 0 spiro atoms. The second kappa shape index (κ2) is 12.1. The summed E-state index contributed by atoms with van der Waals surface area (Å²) < 4.78 is 11.9.